The van der Waals surface area contributed by atoms with E-state index in [-0.39, 0.29) is 5.75 Å². The molecule has 3 rings (SSSR count). The highest BCUT2D eigenvalue weighted by Crippen LogP contribution is 2.37. The minimum Gasteiger partial charge on any atom is -0.506 e. The predicted molar refractivity (Wildman–Crippen MR) is 86.5 cm³/mol. The van der Waals surface area contributed by atoms with Crippen LogP contribution >= 0.6 is 11.3 Å². The molecule has 21 heavy (non-hydrogen) atoms. The molecule has 1 fully saturated rings. The molecule has 112 valence electrons. The zero-order valence-corrected chi connectivity index (χ0v) is 13.2. The van der Waals surface area contributed by atoms with E-state index < -0.39 is 0 Å². The van der Waals surface area contributed by atoms with Crippen LogP contribution in [0.5, 0.6) is 5.75 Å². The Morgan fingerprint density at radius 2 is 2.14 bits per heavy atom. The molecule has 1 saturated carbocycles. The summed E-state index contributed by atoms with van der Waals surface area (Å²) in [5.41, 5.74) is 1.69. The van der Waals surface area contributed by atoms with E-state index in [4.69, 9.17) is 0 Å². The topological polar surface area (TPSA) is 45.1 Å². The number of pyridine rings is 1. The largest absolute Gasteiger partial charge is 0.506 e. The third kappa shape index (κ3) is 3.44. The van der Waals surface area contributed by atoms with E-state index in [1.807, 2.05) is 24.3 Å². The zero-order valence-electron chi connectivity index (χ0n) is 12.4. The summed E-state index contributed by atoms with van der Waals surface area (Å²) in [4.78, 5) is 5.84. The van der Waals surface area contributed by atoms with E-state index in [0.29, 0.717) is 18.5 Å². The maximum Gasteiger partial charge on any atom is 0.138 e. The van der Waals surface area contributed by atoms with Crippen LogP contribution in [0.2, 0.25) is 0 Å². The van der Waals surface area contributed by atoms with E-state index in [9.17, 15) is 5.11 Å². The SMILES string of the molecule is Cc1ccc(O)c(CNC(c2cccs2)C2CCCC2)n1. The highest BCUT2D eigenvalue weighted by molar-refractivity contribution is 7.10. The van der Waals surface area contributed by atoms with Crippen molar-refractivity contribution in [2.75, 3.05) is 0 Å². The normalized spacial score (nSPS) is 17.2. The first-order chi connectivity index (χ1) is 10.2. The molecule has 1 aliphatic rings. The number of aromatic hydroxyl groups is 1. The van der Waals surface area contributed by atoms with Gasteiger partial charge in [0.05, 0.1) is 5.69 Å². The summed E-state index contributed by atoms with van der Waals surface area (Å²) in [6.07, 6.45) is 5.26. The van der Waals surface area contributed by atoms with Crippen LogP contribution in [0.3, 0.4) is 0 Å². The van der Waals surface area contributed by atoms with Gasteiger partial charge < -0.3 is 10.4 Å². The Morgan fingerprint density at radius 3 is 2.86 bits per heavy atom. The second kappa shape index (κ2) is 6.58. The van der Waals surface area contributed by atoms with E-state index >= 15 is 0 Å². The Kier molecular flexibility index (Phi) is 4.56. The van der Waals surface area contributed by atoms with Crippen LogP contribution in [0.4, 0.5) is 0 Å². The Bertz CT molecular complexity index is 576. The third-order valence-corrected chi connectivity index (χ3v) is 5.26. The van der Waals surface area contributed by atoms with Crippen LogP contribution in [-0.2, 0) is 6.54 Å². The Labute approximate surface area is 130 Å². The van der Waals surface area contributed by atoms with Gasteiger partial charge in [0.25, 0.3) is 0 Å². The van der Waals surface area contributed by atoms with Gasteiger partial charge in [0.15, 0.2) is 0 Å². The van der Waals surface area contributed by atoms with Crippen molar-refractivity contribution in [1.82, 2.24) is 10.3 Å². The van der Waals surface area contributed by atoms with Crippen molar-refractivity contribution >= 4 is 11.3 Å². The van der Waals surface area contributed by atoms with Crippen LogP contribution in [0, 0.1) is 12.8 Å². The summed E-state index contributed by atoms with van der Waals surface area (Å²) in [6.45, 7) is 2.57. The molecule has 2 aromatic rings. The maximum atomic E-state index is 9.94. The Morgan fingerprint density at radius 1 is 1.33 bits per heavy atom. The average Bonchev–Trinajstić information content (AvgIpc) is 3.16. The van der Waals surface area contributed by atoms with Gasteiger partial charge in [-0.25, -0.2) is 0 Å². The summed E-state index contributed by atoms with van der Waals surface area (Å²) in [7, 11) is 0. The molecule has 0 bridgehead atoms. The van der Waals surface area contributed by atoms with Crippen molar-refractivity contribution in [3.63, 3.8) is 0 Å². The van der Waals surface area contributed by atoms with Gasteiger partial charge in [0, 0.05) is 23.2 Å². The number of nitrogens with zero attached hydrogens (tertiary/aromatic N) is 1. The first-order valence-electron chi connectivity index (χ1n) is 7.66. The standard InChI is InChI=1S/C17H22N2OS/c1-12-8-9-15(20)14(19-12)11-18-17(13-5-2-3-6-13)16-7-4-10-21-16/h4,7-10,13,17-18,20H,2-3,5-6,11H2,1H3. The Hall–Kier alpha value is -1.39. The van der Waals surface area contributed by atoms with Crippen molar-refractivity contribution in [1.29, 1.82) is 0 Å². The number of rotatable bonds is 5. The first kappa shape index (κ1) is 14.5. The van der Waals surface area contributed by atoms with Gasteiger partial charge >= 0.3 is 0 Å². The molecule has 2 N–H and O–H groups in total. The fraction of sp³-hybridized carbons (Fsp3) is 0.471. The molecule has 1 atom stereocenters. The summed E-state index contributed by atoms with van der Waals surface area (Å²) in [5, 5.41) is 15.7. The van der Waals surface area contributed by atoms with Crippen molar-refractivity contribution in [2.24, 2.45) is 5.92 Å². The maximum absolute atomic E-state index is 9.94. The molecule has 0 amide bonds. The molecule has 2 aromatic heterocycles. The number of nitrogens with one attached hydrogen (secondary N) is 1. The molecule has 1 aliphatic carbocycles. The summed E-state index contributed by atoms with van der Waals surface area (Å²) < 4.78 is 0. The van der Waals surface area contributed by atoms with Crippen molar-refractivity contribution < 1.29 is 5.11 Å². The molecule has 0 saturated heterocycles. The lowest BCUT2D eigenvalue weighted by Gasteiger charge is -2.24. The quantitative estimate of drug-likeness (QED) is 0.871. The van der Waals surface area contributed by atoms with Crippen LogP contribution in [0.1, 0.15) is 48.0 Å². The van der Waals surface area contributed by atoms with Gasteiger partial charge in [0.2, 0.25) is 0 Å². The van der Waals surface area contributed by atoms with Gasteiger partial charge in [-0.1, -0.05) is 18.9 Å². The number of hydrogen-bond acceptors (Lipinski definition) is 4. The lowest BCUT2D eigenvalue weighted by molar-refractivity contribution is 0.364. The van der Waals surface area contributed by atoms with Gasteiger partial charge in [-0.15, -0.1) is 11.3 Å². The second-order valence-corrected chi connectivity index (χ2v) is 6.82. The molecule has 3 nitrogen and oxygen atoms in total. The molecule has 0 aliphatic heterocycles. The van der Waals surface area contributed by atoms with Crippen molar-refractivity contribution in [3.8, 4) is 5.75 Å². The van der Waals surface area contributed by atoms with E-state index in [0.717, 1.165) is 11.4 Å². The molecule has 0 aromatic carbocycles. The van der Waals surface area contributed by atoms with Gasteiger partial charge in [-0.2, -0.15) is 0 Å². The first-order valence-corrected chi connectivity index (χ1v) is 8.54. The number of thiophene rings is 1. The number of aromatic nitrogens is 1. The molecular weight excluding hydrogens is 280 g/mol. The summed E-state index contributed by atoms with van der Waals surface area (Å²) in [6, 6.07) is 8.28. The second-order valence-electron chi connectivity index (χ2n) is 5.84. The van der Waals surface area contributed by atoms with Gasteiger partial charge in [0.1, 0.15) is 5.75 Å². The molecule has 0 radical (unpaired) electrons. The highest BCUT2D eigenvalue weighted by atomic mass is 32.1. The van der Waals surface area contributed by atoms with Gasteiger partial charge in [-0.3, -0.25) is 4.98 Å². The fourth-order valence-electron chi connectivity index (χ4n) is 3.20. The fourth-order valence-corrected chi connectivity index (χ4v) is 4.09. The van der Waals surface area contributed by atoms with Crippen LogP contribution < -0.4 is 5.32 Å². The number of aryl methyl sites for hydroxylation is 1. The lowest BCUT2D eigenvalue weighted by atomic mass is 9.96. The van der Waals surface area contributed by atoms with E-state index in [1.165, 1.54) is 30.6 Å². The van der Waals surface area contributed by atoms with Crippen molar-refractivity contribution in [3.05, 3.63) is 45.9 Å². The monoisotopic (exact) mass is 302 g/mol. The number of hydrogen-bond donors (Lipinski definition) is 2. The average molecular weight is 302 g/mol. The third-order valence-electron chi connectivity index (χ3n) is 4.30. The van der Waals surface area contributed by atoms with Crippen molar-refractivity contribution in [2.45, 2.75) is 45.2 Å². The van der Waals surface area contributed by atoms with E-state index in [2.05, 4.69) is 27.8 Å². The molecule has 4 heteroatoms. The predicted octanol–water partition coefficient (Wildman–Crippen LogP) is 4.18. The highest BCUT2D eigenvalue weighted by Gasteiger charge is 2.26. The Balaban J connectivity index is 1.74. The zero-order chi connectivity index (χ0) is 14.7. The van der Waals surface area contributed by atoms with E-state index in [1.54, 1.807) is 6.07 Å². The van der Waals surface area contributed by atoms with Crippen LogP contribution in [0.15, 0.2) is 29.6 Å². The molecular formula is C17H22N2OS. The minimum atomic E-state index is 0.282. The molecule has 2 heterocycles. The minimum absolute atomic E-state index is 0.282. The summed E-state index contributed by atoms with van der Waals surface area (Å²) >= 11 is 1.81. The lowest BCUT2D eigenvalue weighted by Crippen LogP contribution is -2.26. The van der Waals surface area contributed by atoms with Gasteiger partial charge in [-0.05, 0) is 49.3 Å². The van der Waals surface area contributed by atoms with Crippen LogP contribution in [-0.4, -0.2) is 10.1 Å². The molecule has 0 spiro atoms. The summed E-state index contributed by atoms with van der Waals surface area (Å²) in [5.74, 6) is 0.986. The molecule has 1 unspecified atom stereocenters. The van der Waals surface area contributed by atoms with Crippen LogP contribution in [0.25, 0.3) is 0 Å². The smallest absolute Gasteiger partial charge is 0.138 e.